The predicted octanol–water partition coefficient (Wildman–Crippen LogP) is 0.272. The van der Waals surface area contributed by atoms with E-state index in [-0.39, 0.29) is 0 Å². The molecule has 56 valence electrons. The van der Waals surface area contributed by atoms with Crippen molar-refractivity contribution in [2.45, 2.75) is 18.4 Å². The topological polar surface area (TPSA) is 46.2 Å². The normalized spacial score (nSPS) is 50.6. The second-order valence-electron chi connectivity index (χ2n) is 3.45. The Morgan fingerprint density at radius 2 is 2.50 bits per heavy atom. The maximum Gasteiger partial charge on any atom is 0.0811 e. The van der Waals surface area contributed by atoms with E-state index in [9.17, 15) is 5.11 Å². The highest BCUT2D eigenvalue weighted by molar-refractivity contribution is 5.16. The summed E-state index contributed by atoms with van der Waals surface area (Å²) < 4.78 is 0. The van der Waals surface area contributed by atoms with Crippen molar-refractivity contribution in [1.82, 2.24) is 0 Å². The van der Waals surface area contributed by atoms with Crippen molar-refractivity contribution < 1.29 is 5.11 Å². The third-order valence-corrected chi connectivity index (χ3v) is 2.92. The molecule has 0 radical (unpaired) electrons. The summed E-state index contributed by atoms with van der Waals surface area (Å²) in [5, 5.41) is 9.72. The lowest BCUT2D eigenvalue weighted by Gasteiger charge is -2.47. The van der Waals surface area contributed by atoms with E-state index in [1.54, 1.807) is 0 Å². The average Bonchev–Trinajstić information content (AvgIpc) is 2.30. The molecule has 0 aromatic heterocycles. The summed E-state index contributed by atoms with van der Waals surface area (Å²) >= 11 is 0. The summed E-state index contributed by atoms with van der Waals surface area (Å²) in [7, 11) is 0. The first-order valence-corrected chi connectivity index (χ1v) is 3.85. The molecule has 0 spiro atoms. The number of rotatable bonds is 1. The smallest absolute Gasteiger partial charge is 0.0811 e. The fourth-order valence-electron chi connectivity index (χ4n) is 2.17. The van der Waals surface area contributed by atoms with Crippen LogP contribution in [-0.2, 0) is 0 Å². The van der Waals surface area contributed by atoms with Crippen LogP contribution in [0.15, 0.2) is 12.2 Å². The zero-order valence-electron chi connectivity index (χ0n) is 5.96. The molecule has 0 aromatic rings. The summed E-state index contributed by atoms with van der Waals surface area (Å²) in [5.74, 6) is 1.08. The molecule has 2 heteroatoms. The first-order valence-electron chi connectivity index (χ1n) is 3.85. The SMILES string of the molecule is NC[C@]1(O)C[C@@H]2C=CC[C@H]21. The van der Waals surface area contributed by atoms with Crippen molar-refractivity contribution in [2.75, 3.05) is 6.54 Å². The van der Waals surface area contributed by atoms with E-state index in [4.69, 9.17) is 5.73 Å². The van der Waals surface area contributed by atoms with E-state index in [0.29, 0.717) is 18.4 Å². The summed E-state index contributed by atoms with van der Waals surface area (Å²) in [6, 6.07) is 0. The minimum absolute atomic E-state index is 0.426. The number of aliphatic hydroxyl groups is 1. The minimum Gasteiger partial charge on any atom is -0.388 e. The lowest BCUT2D eigenvalue weighted by atomic mass is 9.63. The highest BCUT2D eigenvalue weighted by Crippen LogP contribution is 2.49. The van der Waals surface area contributed by atoms with Gasteiger partial charge in [-0.1, -0.05) is 12.2 Å². The molecule has 0 bridgehead atoms. The van der Waals surface area contributed by atoms with Gasteiger partial charge in [-0.15, -0.1) is 0 Å². The zero-order chi connectivity index (χ0) is 7.19. The van der Waals surface area contributed by atoms with E-state index in [2.05, 4.69) is 12.2 Å². The molecule has 2 nitrogen and oxygen atoms in total. The summed E-state index contributed by atoms with van der Waals surface area (Å²) in [6.45, 7) is 0.426. The molecule has 3 N–H and O–H groups in total. The molecule has 1 fully saturated rings. The number of fused-ring (bicyclic) bond motifs is 1. The number of allylic oxidation sites excluding steroid dienone is 2. The van der Waals surface area contributed by atoms with Crippen LogP contribution in [0, 0.1) is 11.8 Å². The van der Waals surface area contributed by atoms with Crippen LogP contribution in [0.25, 0.3) is 0 Å². The summed E-state index contributed by atoms with van der Waals surface area (Å²) in [6.07, 6.45) is 6.26. The molecule has 0 unspecified atom stereocenters. The Morgan fingerprint density at radius 1 is 1.70 bits per heavy atom. The average molecular weight is 139 g/mol. The van der Waals surface area contributed by atoms with Crippen LogP contribution in [0.5, 0.6) is 0 Å². The maximum absolute atomic E-state index is 9.72. The van der Waals surface area contributed by atoms with Crippen molar-refractivity contribution in [3.8, 4) is 0 Å². The fourth-order valence-corrected chi connectivity index (χ4v) is 2.17. The first-order chi connectivity index (χ1) is 4.76. The van der Waals surface area contributed by atoms with Gasteiger partial charge in [-0.25, -0.2) is 0 Å². The van der Waals surface area contributed by atoms with Gasteiger partial charge < -0.3 is 10.8 Å². The summed E-state index contributed by atoms with van der Waals surface area (Å²) in [4.78, 5) is 0. The molecule has 3 atom stereocenters. The number of hydrogen-bond donors (Lipinski definition) is 2. The fraction of sp³-hybridized carbons (Fsp3) is 0.750. The number of nitrogens with two attached hydrogens (primary N) is 1. The minimum atomic E-state index is -0.520. The van der Waals surface area contributed by atoms with E-state index < -0.39 is 5.60 Å². The number of hydrogen-bond acceptors (Lipinski definition) is 2. The lowest BCUT2D eigenvalue weighted by molar-refractivity contribution is -0.108. The second kappa shape index (κ2) is 1.83. The van der Waals surface area contributed by atoms with Gasteiger partial charge in [-0.05, 0) is 24.7 Å². The highest BCUT2D eigenvalue weighted by atomic mass is 16.3. The molecule has 1 saturated carbocycles. The van der Waals surface area contributed by atoms with Gasteiger partial charge in [0.05, 0.1) is 5.60 Å². The lowest BCUT2D eigenvalue weighted by Crippen LogP contribution is -2.56. The molecule has 0 heterocycles. The molecular formula is C8H13NO. The zero-order valence-corrected chi connectivity index (χ0v) is 5.96. The standard InChI is InChI=1S/C8H13NO/c9-5-8(10)4-6-2-1-3-7(6)8/h1-2,6-7,10H,3-5,9H2/t6-,7+,8+/m0/s1. The molecule has 0 saturated heterocycles. The van der Waals surface area contributed by atoms with Gasteiger partial charge in [0, 0.05) is 6.54 Å². The maximum atomic E-state index is 9.72. The van der Waals surface area contributed by atoms with Gasteiger partial charge in [-0.3, -0.25) is 0 Å². The van der Waals surface area contributed by atoms with Crippen molar-refractivity contribution in [3.05, 3.63) is 12.2 Å². The molecule has 0 amide bonds. The van der Waals surface area contributed by atoms with Crippen LogP contribution in [0.3, 0.4) is 0 Å². The van der Waals surface area contributed by atoms with Gasteiger partial charge in [0.25, 0.3) is 0 Å². The van der Waals surface area contributed by atoms with Gasteiger partial charge in [-0.2, -0.15) is 0 Å². The predicted molar refractivity (Wildman–Crippen MR) is 39.4 cm³/mol. The van der Waals surface area contributed by atoms with E-state index in [1.165, 1.54) is 0 Å². The monoisotopic (exact) mass is 139 g/mol. The Balaban J connectivity index is 2.08. The van der Waals surface area contributed by atoms with Crippen molar-refractivity contribution >= 4 is 0 Å². The molecule has 10 heavy (non-hydrogen) atoms. The van der Waals surface area contributed by atoms with E-state index >= 15 is 0 Å². The Hall–Kier alpha value is -0.340. The van der Waals surface area contributed by atoms with Crippen molar-refractivity contribution in [2.24, 2.45) is 17.6 Å². The molecule has 2 aliphatic rings. The molecular weight excluding hydrogens is 126 g/mol. The Labute approximate surface area is 60.7 Å². The van der Waals surface area contributed by atoms with E-state index in [1.807, 2.05) is 0 Å². The molecule has 0 aromatic carbocycles. The van der Waals surface area contributed by atoms with Crippen LogP contribution >= 0.6 is 0 Å². The Kier molecular flexibility index (Phi) is 1.17. The van der Waals surface area contributed by atoms with Gasteiger partial charge in [0.1, 0.15) is 0 Å². The Bertz CT molecular complexity index is 178. The van der Waals surface area contributed by atoms with Crippen LogP contribution in [0.4, 0.5) is 0 Å². The molecule has 0 aliphatic heterocycles. The van der Waals surface area contributed by atoms with Crippen LogP contribution < -0.4 is 5.73 Å². The van der Waals surface area contributed by atoms with Gasteiger partial charge >= 0.3 is 0 Å². The first kappa shape index (κ1) is 6.38. The third kappa shape index (κ3) is 0.607. The largest absolute Gasteiger partial charge is 0.388 e. The molecule has 2 rings (SSSR count). The molecule has 2 aliphatic carbocycles. The Morgan fingerprint density at radius 3 is 3.10 bits per heavy atom. The third-order valence-electron chi connectivity index (χ3n) is 2.92. The second-order valence-corrected chi connectivity index (χ2v) is 3.45. The summed E-state index contributed by atoms with van der Waals surface area (Å²) in [5.41, 5.74) is 4.93. The van der Waals surface area contributed by atoms with Crippen molar-refractivity contribution in [3.63, 3.8) is 0 Å². The quantitative estimate of drug-likeness (QED) is 0.512. The highest BCUT2D eigenvalue weighted by Gasteiger charge is 2.51. The van der Waals surface area contributed by atoms with Crippen molar-refractivity contribution in [1.29, 1.82) is 0 Å². The van der Waals surface area contributed by atoms with Crippen LogP contribution in [-0.4, -0.2) is 17.3 Å². The van der Waals surface area contributed by atoms with Crippen LogP contribution in [0.1, 0.15) is 12.8 Å². The van der Waals surface area contributed by atoms with Gasteiger partial charge in [0.15, 0.2) is 0 Å². The van der Waals surface area contributed by atoms with Crippen LogP contribution in [0.2, 0.25) is 0 Å². The van der Waals surface area contributed by atoms with E-state index in [0.717, 1.165) is 12.8 Å². The van der Waals surface area contributed by atoms with Gasteiger partial charge in [0.2, 0.25) is 0 Å².